The van der Waals surface area contributed by atoms with E-state index < -0.39 is 72.7 Å². The molecule has 5 aromatic heterocycles. The maximum Gasteiger partial charge on any atom is 0.416 e. The molecule has 0 aromatic carbocycles. The second-order valence-corrected chi connectivity index (χ2v) is 25.4. The van der Waals surface area contributed by atoms with Gasteiger partial charge in [0.05, 0.1) is 49.6 Å². The van der Waals surface area contributed by atoms with Gasteiger partial charge in [-0.3, -0.25) is 4.84 Å². The molecular weight excluding hydrogens is 1260 g/mol. The third-order valence-corrected chi connectivity index (χ3v) is 15.1. The number of aromatic nitrogens is 7. The summed E-state index contributed by atoms with van der Waals surface area (Å²) in [6, 6.07) is 4.99. The number of urea groups is 5. The molecular formula is C57H76ClF6N17O12. The van der Waals surface area contributed by atoms with E-state index in [0.29, 0.717) is 34.4 Å². The van der Waals surface area contributed by atoms with Crippen LogP contribution in [0.5, 0.6) is 0 Å². The molecule has 10 heterocycles. The van der Waals surface area contributed by atoms with E-state index in [1.165, 1.54) is 61.7 Å². The highest BCUT2D eigenvalue weighted by Gasteiger charge is 2.47. The van der Waals surface area contributed by atoms with Gasteiger partial charge in [-0.15, -0.1) is 10.2 Å². The fourth-order valence-electron chi connectivity index (χ4n) is 9.30. The van der Waals surface area contributed by atoms with Gasteiger partial charge in [-0.05, 0) is 49.6 Å². The summed E-state index contributed by atoms with van der Waals surface area (Å²) in [5, 5.41) is 62.2. The molecule has 5 N–H and O–H groups in total. The Hall–Kier alpha value is -8.35. The Morgan fingerprint density at radius 1 is 0.516 bits per heavy atom. The van der Waals surface area contributed by atoms with Crippen molar-refractivity contribution in [2.45, 2.75) is 148 Å². The average molecular weight is 1340 g/mol. The van der Waals surface area contributed by atoms with E-state index in [2.05, 4.69) is 35.3 Å². The molecule has 0 saturated carbocycles. The lowest BCUT2D eigenvalue weighted by Crippen LogP contribution is -2.36. The summed E-state index contributed by atoms with van der Waals surface area (Å²) in [7, 11) is 7.60. The third kappa shape index (κ3) is 16.5. The highest BCUT2D eigenvalue weighted by molar-refractivity contribution is 6.30. The topological polar surface area (TPSA) is 332 Å². The summed E-state index contributed by atoms with van der Waals surface area (Å²) >= 11 is 6.04. The Labute approximate surface area is 536 Å². The van der Waals surface area contributed by atoms with Crippen LogP contribution in [0.4, 0.5) is 79.4 Å². The molecule has 36 heteroatoms. The van der Waals surface area contributed by atoms with E-state index in [9.17, 15) is 75.8 Å². The first-order chi connectivity index (χ1) is 42.8. The SMILES string of the molecule is CN1CC(O)N(c2cc(C(C)(C)C)c(Cl)nn2)C1=O.CN1CC(O)N(c2cc(C(C)(C)C)ncn2)C1=O.CN1CC(O)N(c2cc(C(F)(F)F)ccn2)C1=O.CON1C(=O)N(c2cc(C(F)(F)F)ccn2)C(O)[C@@H]1C.C[C@@H]1C(O)N(c2cc(C(C)(C)C)on2)C(=O)N1C. The highest BCUT2D eigenvalue weighted by Crippen LogP contribution is 2.37. The molecule has 5 aliphatic heterocycles. The van der Waals surface area contributed by atoms with E-state index in [1.807, 2.05) is 62.3 Å². The van der Waals surface area contributed by atoms with Crippen LogP contribution in [0.25, 0.3) is 0 Å². The number of nitrogens with zero attached hydrogens (tertiary/aromatic N) is 17. The Balaban J connectivity index is 0.000000185. The number of carbonyl (C=O) groups excluding carboxylic acids is 5. The van der Waals surface area contributed by atoms with Crippen LogP contribution in [0.2, 0.25) is 5.15 Å². The van der Waals surface area contributed by atoms with Gasteiger partial charge in [-0.25, -0.2) is 68.4 Å². The summed E-state index contributed by atoms with van der Waals surface area (Å²) in [4.78, 5) is 90.8. The largest absolute Gasteiger partial charge is 0.416 e. The van der Waals surface area contributed by atoms with E-state index in [4.69, 9.17) is 21.0 Å². The van der Waals surface area contributed by atoms with Crippen LogP contribution in [-0.2, 0) is 33.4 Å². The van der Waals surface area contributed by atoms with Crippen LogP contribution >= 0.6 is 11.6 Å². The van der Waals surface area contributed by atoms with Crippen molar-refractivity contribution in [3.63, 3.8) is 0 Å². The molecule has 10 amide bonds. The molecule has 0 spiro atoms. The number of carbonyl (C=O) groups is 5. The predicted molar refractivity (Wildman–Crippen MR) is 323 cm³/mol. The van der Waals surface area contributed by atoms with Gasteiger partial charge in [0, 0.05) is 69.1 Å². The van der Waals surface area contributed by atoms with Crippen LogP contribution in [0.1, 0.15) is 104 Å². The molecule has 10 rings (SSSR count). The summed E-state index contributed by atoms with van der Waals surface area (Å²) in [6.45, 7) is 21.9. The zero-order valence-electron chi connectivity index (χ0n) is 53.8. The highest BCUT2D eigenvalue weighted by atomic mass is 35.5. The van der Waals surface area contributed by atoms with Crippen molar-refractivity contribution in [2.75, 3.05) is 79.4 Å². The summed E-state index contributed by atoms with van der Waals surface area (Å²) in [5.74, 6) is 1.29. The molecule has 5 unspecified atom stereocenters. The van der Waals surface area contributed by atoms with Crippen LogP contribution in [0.3, 0.4) is 0 Å². The maximum absolute atomic E-state index is 12.6. The number of rotatable bonds is 6. The second-order valence-electron chi connectivity index (χ2n) is 25.0. The lowest BCUT2D eigenvalue weighted by Gasteiger charge is -2.23. The predicted octanol–water partition coefficient (Wildman–Crippen LogP) is 7.03. The minimum atomic E-state index is -4.56. The number of alkyl halides is 6. The molecule has 7 atom stereocenters. The standard InChI is InChI=1S/C12H17ClN4O2.C12H18N4O2.C12H19N3O3.C11H12F3N3O3.C10H10F3N3O2/c1-12(2,3)7-5-8(14-15-10(7)13)17-9(18)6-16(4)11(17)19;1-12(2,3)8-5-9(14-7-13-8)16-10(17)6-15(4)11(16)18;1-7-10(16)15(11(17)14(7)5)9-6-8(18-13-9)12(2,3)4;1-6-9(18)16(10(19)17(6)20-2)8-5-7(3-4-15-8)11(12,13)14;1-15-5-8(17)16(9(15)18)7-4-6(2-3-14-7)10(11,12)13/h5,9,18H,6H2,1-4H3;5,7,10,17H,6H2,1-4H3;6-7,10,16H,1-5H3;3-6,9,18H,1-2H3;2-4,8,17H,5H2,1H3/t;;7-,10?;6-,9?;/m..10./s1. The first-order valence-corrected chi connectivity index (χ1v) is 28.9. The Morgan fingerprint density at radius 3 is 1.31 bits per heavy atom. The molecule has 5 fully saturated rings. The van der Waals surface area contributed by atoms with E-state index in [0.717, 1.165) is 56.7 Å². The molecule has 29 nitrogen and oxygen atoms in total. The Morgan fingerprint density at radius 2 is 0.946 bits per heavy atom. The average Bonchev–Trinajstić information content (AvgIpc) is 1.62. The minimum Gasteiger partial charge on any atom is -0.371 e. The van der Waals surface area contributed by atoms with Crippen molar-refractivity contribution in [3.05, 3.63) is 94.5 Å². The minimum absolute atomic E-state index is 0.0246. The number of aliphatic hydroxyl groups is 5. The molecule has 5 aliphatic rings. The van der Waals surface area contributed by atoms with Crippen molar-refractivity contribution in [2.24, 2.45) is 0 Å². The van der Waals surface area contributed by atoms with Crippen molar-refractivity contribution in [3.8, 4) is 0 Å². The molecule has 0 bridgehead atoms. The first kappa shape index (κ1) is 73.7. The third-order valence-electron chi connectivity index (χ3n) is 14.9. The van der Waals surface area contributed by atoms with Gasteiger partial charge in [-0.1, -0.05) is 79.1 Å². The Kier molecular flexibility index (Phi) is 22.3. The smallest absolute Gasteiger partial charge is 0.371 e. The number of amides is 10. The van der Waals surface area contributed by atoms with Gasteiger partial charge >= 0.3 is 42.5 Å². The van der Waals surface area contributed by atoms with Crippen LogP contribution < -0.4 is 24.5 Å². The number of β-amino-alcohol motifs (C(OH)–C–C–N with tert-alkyl or cyclic N) is 3. The van der Waals surface area contributed by atoms with E-state index in [-0.39, 0.29) is 71.7 Å². The summed E-state index contributed by atoms with van der Waals surface area (Å²) in [6.07, 6.45) is -11.0. The summed E-state index contributed by atoms with van der Waals surface area (Å²) < 4.78 is 80.7. The van der Waals surface area contributed by atoms with Gasteiger partial charge in [0.15, 0.2) is 47.9 Å². The molecule has 0 aliphatic carbocycles. The lowest BCUT2D eigenvalue weighted by atomic mass is 9.88. The van der Waals surface area contributed by atoms with E-state index in [1.54, 1.807) is 46.3 Å². The van der Waals surface area contributed by atoms with Crippen LogP contribution in [-0.4, -0.2) is 214 Å². The first-order valence-electron chi connectivity index (χ1n) is 28.5. The van der Waals surface area contributed by atoms with Crippen molar-refractivity contribution in [1.82, 2.24) is 60.0 Å². The van der Waals surface area contributed by atoms with Crippen LogP contribution in [0, 0.1) is 0 Å². The fourth-order valence-corrected chi connectivity index (χ4v) is 9.68. The quantitative estimate of drug-likeness (QED) is 0.106. The number of halogens is 7. The zero-order valence-corrected chi connectivity index (χ0v) is 54.5. The maximum atomic E-state index is 12.6. The Bertz CT molecular complexity index is 3410. The molecule has 93 heavy (non-hydrogen) atoms. The lowest BCUT2D eigenvalue weighted by molar-refractivity contribution is -0.138. The van der Waals surface area contributed by atoms with Crippen LogP contribution in [0.15, 0.2) is 65.7 Å². The molecule has 0 radical (unpaired) electrons. The van der Waals surface area contributed by atoms with Gasteiger partial charge in [0.1, 0.15) is 35.6 Å². The van der Waals surface area contributed by atoms with Gasteiger partial charge in [0.2, 0.25) is 0 Å². The number of aliphatic hydroxyl groups excluding tert-OH is 5. The fraction of sp³-hybridized carbons (Fsp3) is 0.544. The molecule has 510 valence electrons. The summed E-state index contributed by atoms with van der Waals surface area (Å²) in [5.41, 5.74) is -0.779. The van der Waals surface area contributed by atoms with Gasteiger partial charge in [-0.2, -0.15) is 31.4 Å². The van der Waals surface area contributed by atoms with Gasteiger partial charge < -0.3 is 49.7 Å². The normalized spacial score (nSPS) is 22.1. The van der Waals surface area contributed by atoms with Crippen molar-refractivity contribution < 1.29 is 85.2 Å². The van der Waals surface area contributed by atoms with Gasteiger partial charge in [0.25, 0.3) is 0 Å². The monoisotopic (exact) mass is 1340 g/mol. The number of pyridine rings is 2. The molecule has 5 aromatic rings. The van der Waals surface area contributed by atoms with Crippen molar-refractivity contribution in [1.29, 1.82) is 0 Å². The number of hydrogen-bond donors (Lipinski definition) is 5. The second kappa shape index (κ2) is 28.1. The molecule has 5 saturated heterocycles. The number of anilines is 5. The zero-order chi connectivity index (χ0) is 70.1. The number of hydrogen-bond acceptors (Lipinski definition) is 19. The van der Waals surface area contributed by atoms with E-state index >= 15 is 0 Å². The number of likely N-dealkylation sites (N-methyl/N-ethyl adjacent to an activating group) is 4. The van der Waals surface area contributed by atoms with Crippen molar-refractivity contribution >= 4 is 70.8 Å². The number of hydroxylamine groups is 2.